The van der Waals surface area contributed by atoms with Crippen LogP contribution in [0.25, 0.3) is 0 Å². The maximum atomic E-state index is 11.3. The van der Waals surface area contributed by atoms with E-state index in [0.717, 1.165) is 13.1 Å². The predicted octanol–water partition coefficient (Wildman–Crippen LogP) is 0.494. The van der Waals surface area contributed by atoms with Crippen LogP contribution >= 0.6 is 0 Å². The van der Waals surface area contributed by atoms with E-state index in [-0.39, 0.29) is 0 Å². The number of carboxylic acid groups (broad SMARTS) is 1. The minimum Gasteiger partial charge on any atom is -0.481 e. The molecule has 1 heterocycles. The summed E-state index contributed by atoms with van der Waals surface area (Å²) in [6.45, 7) is 3.15. The molecule has 1 aliphatic rings. The third-order valence-corrected chi connectivity index (χ3v) is 3.17. The lowest BCUT2D eigenvalue weighted by molar-refractivity contribution is -0.152. The second kappa shape index (κ2) is 6.83. The van der Waals surface area contributed by atoms with Gasteiger partial charge in [-0.2, -0.15) is 0 Å². The van der Waals surface area contributed by atoms with E-state index in [9.17, 15) is 9.90 Å². The second-order valence-electron chi connectivity index (χ2n) is 4.19. The van der Waals surface area contributed by atoms with E-state index < -0.39 is 11.4 Å². The molecule has 0 saturated carbocycles. The Bertz CT molecular complexity index is 214. The predicted molar refractivity (Wildman–Crippen MR) is 59.5 cm³/mol. The number of carboxylic acids is 1. The van der Waals surface area contributed by atoms with Crippen LogP contribution in [0.4, 0.5) is 0 Å². The summed E-state index contributed by atoms with van der Waals surface area (Å²) in [5, 5.41) is 12.5. The Labute approximate surface area is 96.1 Å². The number of methoxy groups -OCH3 is 1. The molecule has 94 valence electrons. The van der Waals surface area contributed by atoms with Gasteiger partial charge in [0.1, 0.15) is 0 Å². The van der Waals surface area contributed by atoms with E-state index in [1.165, 1.54) is 0 Å². The van der Waals surface area contributed by atoms with Crippen LogP contribution in [0.15, 0.2) is 0 Å². The first-order chi connectivity index (χ1) is 7.71. The number of aliphatic carboxylic acids is 1. The molecule has 0 atom stereocenters. The van der Waals surface area contributed by atoms with Crippen molar-refractivity contribution in [1.29, 1.82) is 0 Å². The van der Waals surface area contributed by atoms with Crippen LogP contribution in [-0.2, 0) is 14.3 Å². The van der Waals surface area contributed by atoms with Crippen molar-refractivity contribution in [2.45, 2.75) is 19.3 Å². The first-order valence-electron chi connectivity index (χ1n) is 5.72. The molecule has 0 unspecified atom stereocenters. The normalized spacial score (nSPS) is 19.6. The average Bonchev–Trinajstić information content (AvgIpc) is 2.30. The Kier molecular flexibility index (Phi) is 5.73. The van der Waals surface area contributed by atoms with Crippen LogP contribution < -0.4 is 5.32 Å². The summed E-state index contributed by atoms with van der Waals surface area (Å²) in [5.41, 5.74) is -0.585. The van der Waals surface area contributed by atoms with E-state index in [4.69, 9.17) is 9.47 Å². The van der Waals surface area contributed by atoms with E-state index in [0.29, 0.717) is 39.1 Å². The minimum atomic E-state index is -0.690. The summed E-state index contributed by atoms with van der Waals surface area (Å²) in [6, 6.07) is 0. The van der Waals surface area contributed by atoms with Crippen molar-refractivity contribution in [2.24, 2.45) is 5.41 Å². The highest BCUT2D eigenvalue weighted by Gasteiger charge is 2.39. The van der Waals surface area contributed by atoms with Crippen LogP contribution in [0.5, 0.6) is 0 Å². The average molecular weight is 231 g/mol. The second-order valence-corrected chi connectivity index (χ2v) is 4.19. The van der Waals surface area contributed by atoms with Gasteiger partial charge in [0, 0.05) is 13.7 Å². The van der Waals surface area contributed by atoms with Gasteiger partial charge in [0.25, 0.3) is 0 Å². The molecule has 1 rings (SSSR count). The molecule has 16 heavy (non-hydrogen) atoms. The van der Waals surface area contributed by atoms with Crippen molar-refractivity contribution in [3.05, 3.63) is 0 Å². The molecule has 0 aromatic carbocycles. The molecular formula is C11H21NO4. The molecule has 5 nitrogen and oxygen atoms in total. The Hall–Kier alpha value is -0.650. The van der Waals surface area contributed by atoms with Gasteiger partial charge in [0.15, 0.2) is 0 Å². The fraction of sp³-hybridized carbons (Fsp3) is 0.909. The van der Waals surface area contributed by atoms with Crippen molar-refractivity contribution in [3.8, 4) is 0 Å². The fourth-order valence-electron chi connectivity index (χ4n) is 1.99. The maximum Gasteiger partial charge on any atom is 0.309 e. The van der Waals surface area contributed by atoms with Gasteiger partial charge >= 0.3 is 5.97 Å². The summed E-state index contributed by atoms with van der Waals surface area (Å²) < 4.78 is 10.2. The highest BCUT2D eigenvalue weighted by atomic mass is 16.5. The van der Waals surface area contributed by atoms with Gasteiger partial charge < -0.3 is 19.9 Å². The highest BCUT2D eigenvalue weighted by molar-refractivity contribution is 5.74. The molecule has 5 heteroatoms. The Balaban J connectivity index is 2.30. The van der Waals surface area contributed by atoms with Gasteiger partial charge in [-0.3, -0.25) is 4.79 Å². The zero-order valence-electron chi connectivity index (χ0n) is 9.83. The molecule has 0 aromatic heterocycles. The molecular weight excluding hydrogens is 210 g/mol. The molecule has 0 spiro atoms. The lowest BCUT2D eigenvalue weighted by Gasteiger charge is -2.33. The summed E-state index contributed by atoms with van der Waals surface area (Å²) in [7, 11) is 1.62. The van der Waals surface area contributed by atoms with Crippen molar-refractivity contribution >= 4 is 5.97 Å². The largest absolute Gasteiger partial charge is 0.481 e. The molecule has 0 radical (unpaired) electrons. The maximum absolute atomic E-state index is 11.3. The zero-order valence-corrected chi connectivity index (χ0v) is 9.83. The van der Waals surface area contributed by atoms with Gasteiger partial charge in [-0.25, -0.2) is 0 Å². The first-order valence-corrected chi connectivity index (χ1v) is 5.72. The van der Waals surface area contributed by atoms with Crippen molar-refractivity contribution in [3.63, 3.8) is 0 Å². The Morgan fingerprint density at radius 1 is 1.31 bits per heavy atom. The molecule has 1 aliphatic heterocycles. The van der Waals surface area contributed by atoms with Crippen molar-refractivity contribution in [2.75, 3.05) is 40.0 Å². The standard InChI is InChI=1S/C11H21NO4/c1-15-8-9-16-7-4-11(10(13)14)2-5-12-6-3-11/h12H,2-9H2,1H3,(H,13,14). The number of piperidine rings is 1. The highest BCUT2D eigenvalue weighted by Crippen LogP contribution is 2.32. The Morgan fingerprint density at radius 3 is 2.56 bits per heavy atom. The molecule has 2 N–H and O–H groups in total. The summed E-state index contributed by atoms with van der Waals surface area (Å²) in [6.07, 6.45) is 1.97. The van der Waals surface area contributed by atoms with Crippen LogP contribution in [-0.4, -0.2) is 51.1 Å². The SMILES string of the molecule is COCCOCCC1(C(=O)O)CCNCC1. The molecule has 0 aliphatic carbocycles. The third kappa shape index (κ3) is 3.73. The van der Waals surface area contributed by atoms with E-state index in [2.05, 4.69) is 5.32 Å². The Morgan fingerprint density at radius 2 is 2.00 bits per heavy atom. The van der Waals surface area contributed by atoms with Crippen molar-refractivity contribution in [1.82, 2.24) is 5.32 Å². The zero-order chi connectivity index (χ0) is 11.9. The molecule has 0 amide bonds. The molecule has 0 aromatic rings. The van der Waals surface area contributed by atoms with Crippen LogP contribution in [0.2, 0.25) is 0 Å². The molecule has 1 fully saturated rings. The smallest absolute Gasteiger partial charge is 0.309 e. The monoisotopic (exact) mass is 231 g/mol. The summed E-state index contributed by atoms with van der Waals surface area (Å²) in [5.74, 6) is -0.690. The number of carbonyl (C=O) groups is 1. The van der Waals surface area contributed by atoms with Crippen molar-refractivity contribution < 1.29 is 19.4 Å². The third-order valence-electron chi connectivity index (χ3n) is 3.17. The van der Waals surface area contributed by atoms with E-state index >= 15 is 0 Å². The van der Waals surface area contributed by atoms with E-state index in [1.807, 2.05) is 0 Å². The van der Waals surface area contributed by atoms with Gasteiger partial charge in [0.2, 0.25) is 0 Å². The minimum absolute atomic E-state index is 0.496. The van der Waals surface area contributed by atoms with Crippen LogP contribution in [0, 0.1) is 5.41 Å². The van der Waals surface area contributed by atoms with Crippen LogP contribution in [0.1, 0.15) is 19.3 Å². The first kappa shape index (κ1) is 13.4. The van der Waals surface area contributed by atoms with Gasteiger partial charge in [-0.15, -0.1) is 0 Å². The molecule has 1 saturated heterocycles. The number of ether oxygens (including phenoxy) is 2. The lowest BCUT2D eigenvalue weighted by atomic mass is 9.76. The fourth-order valence-corrected chi connectivity index (χ4v) is 1.99. The summed E-state index contributed by atoms with van der Waals surface area (Å²) >= 11 is 0. The number of rotatable bonds is 7. The quantitative estimate of drug-likeness (QED) is 0.624. The van der Waals surface area contributed by atoms with Crippen LogP contribution in [0.3, 0.4) is 0 Å². The molecule has 0 bridgehead atoms. The van der Waals surface area contributed by atoms with Gasteiger partial charge in [-0.1, -0.05) is 0 Å². The van der Waals surface area contributed by atoms with E-state index in [1.54, 1.807) is 7.11 Å². The number of nitrogens with one attached hydrogen (secondary N) is 1. The topological polar surface area (TPSA) is 67.8 Å². The summed E-state index contributed by atoms with van der Waals surface area (Å²) in [4.78, 5) is 11.3. The lowest BCUT2D eigenvalue weighted by Crippen LogP contribution is -2.42. The van der Waals surface area contributed by atoms with Gasteiger partial charge in [0.05, 0.1) is 18.6 Å². The van der Waals surface area contributed by atoms with Gasteiger partial charge in [-0.05, 0) is 32.4 Å². The number of hydrogen-bond acceptors (Lipinski definition) is 4. The number of hydrogen-bond donors (Lipinski definition) is 2.